The fourth-order valence-corrected chi connectivity index (χ4v) is 4.80. The van der Waals surface area contributed by atoms with Crippen LogP contribution in [0.3, 0.4) is 0 Å². The summed E-state index contributed by atoms with van der Waals surface area (Å²) < 4.78 is 11.7. The van der Waals surface area contributed by atoms with Crippen LogP contribution in [0.5, 0.6) is 11.5 Å². The normalized spacial score (nSPS) is 13.6. The lowest BCUT2D eigenvalue weighted by Gasteiger charge is -2.25. The van der Waals surface area contributed by atoms with Crippen LogP contribution in [0.15, 0.2) is 48.5 Å². The second kappa shape index (κ2) is 9.46. The third-order valence-electron chi connectivity index (χ3n) is 6.77. The van der Waals surface area contributed by atoms with Crippen LogP contribution in [0, 0.1) is 0 Å². The molecule has 2 aliphatic carbocycles. The van der Waals surface area contributed by atoms with Gasteiger partial charge in [-0.15, -0.1) is 0 Å². The highest BCUT2D eigenvalue weighted by Gasteiger charge is 2.30. The summed E-state index contributed by atoms with van der Waals surface area (Å²) in [6, 6.07) is 15.5. The van der Waals surface area contributed by atoms with Gasteiger partial charge in [0.15, 0.2) is 11.6 Å². The molecule has 0 heterocycles. The molecule has 2 aliphatic rings. The maximum absolute atomic E-state index is 13.4. The van der Waals surface area contributed by atoms with Crippen LogP contribution in [-0.2, 0) is 12.8 Å². The third-order valence-corrected chi connectivity index (χ3v) is 6.77. The van der Waals surface area contributed by atoms with E-state index in [4.69, 9.17) is 9.47 Å². The van der Waals surface area contributed by atoms with Crippen molar-refractivity contribution in [3.8, 4) is 11.5 Å². The lowest BCUT2D eigenvalue weighted by atomic mass is 9.78. The van der Waals surface area contributed by atoms with Crippen LogP contribution in [-0.4, -0.2) is 24.8 Å². The van der Waals surface area contributed by atoms with E-state index in [9.17, 15) is 9.59 Å². The molecule has 0 saturated heterocycles. The zero-order valence-corrected chi connectivity index (χ0v) is 19.9. The quantitative estimate of drug-likeness (QED) is 0.258. The van der Waals surface area contributed by atoms with Gasteiger partial charge in [-0.25, -0.2) is 0 Å². The van der Waals surface area contributed by atoms with Gasteiger partial charge >= 0.3 is 0 Å². The summed E-state index contributed by atoms with van der Waals surface area (Å²) in [4.78, 5) is 26.8. The molecular formula is C30H30O4. The van der Waals surface area contributed by atoms with E-state index in [1.54, 1.807) is 0 Å². The Bertz CT molecular complexity index is 1170. The van der Waals surface area contributed by atoms with Crippen molar-refractivity contribution in [1.82, 2.24) is 0 Å². The number of rotatable bonds is 8. The fraction of sp³-hybridized carbons (Fsp3) is 0.333. The van der Waals surface area contributed by atoms with Crippen molar-refractivity contribution >= 4 is 11.6 Å². The van der Waals surface area contributed by atoms with Crippen molar-refractivity contribution in [1.29, 1.82) is 0 Å². The van der Waals surface area contributed by atoms with Gasteiger partial charge in [0.25, 0.3) is 0 Å². The molecule has 0 spiro atoms. The minimum atomic E-state index is 0.0120. The molecule has 0 unspecified atom stereocenters. The smallest absolute Gasteiger partial charge is 0.193 e. The molecular weight excluding hydrogens is 424 g/mol. The summed E-state index contributed by atoms with van der Waals surface area (Å²) in [6.07, 6.45) is 5.39. The van der Waals surface area contributed by atoms with Gasteiger partial charge < -0.3 is 9.47 Å². The minimum absolute atomic E-state index is 0.0120. The predicted molar refractivity (Wildman–Crippen MR) is 133 cm³/mol. The minimum Gasteiger partial charge on any atom is -0.494 e. The first kappa shape index (κ1) is 22.4. The summed E-state index contributed by atoms with van der Waals surface area (Å²) in [6.45, 7) is 5.56. The molecule has 0 N–H and O–H groups in total. The van der Waals surface area contributed by atoms with E-state index in [0.717, 1.165) is 59.4 Å². The standard InChI is InChI=1S/C30H30O4/c1-3-5-11-33-23-9-7-19-13-21-16-26-22(15-25(21)29(31)27(19)17-23)14-20-8-10-24(34-12-6-4-2)18-28(20)30(26)32/h7-10,15-18H,3-6,11-14H2,1-2H3. The molecule has 0 aromatic heterocycles. The number of hydrogen-bond acceptors (Lipinski definition) is 4. The number of hydrogen-bond donors (Lipinski definition) is 0. The molecule has 4 heteroatoms. The summed E-state index contributed by atoms with van der Waals surface area (Å²) in [5.41, 5.74) is 6.62. The first-order chi connectivity index (χ1) is 16.6. The van der Waals surface area contributed by atoms with Gasteiger partial charge in [0.2, 0.25) is 0 Å². The van der Waals surface area contributed by atoms with Crippen molar-refractivity contribution in [3.05, 3.63) is 93.0 Å². The van der Waals surface area contributed by atoms with Gasteiger partial charge in [-0.1, -0.05) is 38.8 Å². The second-order valence-corrected chi connectivity index (χ2v) is 9.22. The SMILES string of the molecule is CCCCOc1ccc2c(c1)C(=O)c1cc3c(cc1C2)C(=O)c1cc(OCCCC)ccc1C3. The number of fused-ring (bicyclic) bond motifs is 4. The summed E-state index contributed by atoms with van der Waals surface area (Å²) in [5, 5.41) is 0. The fourth-order valence-electron chi connectivity index (χ4n) is 4.80. The van der Waals surface area contributed by atoms with Crippen LogP contribution >= 0.6 is 0 Å². The summed E-state index contributed by atoms with van der Waals surface area (Å²) >= 11 is 0. The monoisotopic (exact) mass is 454 g/mol. The molecule has 5 rings (SSSR count). The van der Waals surface area contributed by atoms with E-state index in [0.29, 0.717) is 48.3 Å². The molecule has 0 bridgehead atoms. The van der Waals surface area contributed by atoms with Gasteiger partial charge in [-0.05, 0) is 84.3 Å². The zero-order chi connectivity index (χ0) is 23.7. The molecule has 4 nitrogen and oxygen atoms in total. The first-order valence-corrected chi connectivity index (χ1v) is 12.4. The van der Waals surface area contributed by atoms with Gasteiger partial charge in [0.05, 0.1) is 13.2 Å². The average Bonchev–Trinajstić information content (AvgIpc) is 2.85. The van der Waals surface area contributed by atoms with Crippen LogP contribution in [0.2, 0.25) is 0 Å². The summed E-state index contributed by atoms with van der Waals surface area (Å²) in [7, 11) is 0. The molecule has 0 saturated carbocycles. The first-order valence-electron chi connectivity index (χ1n) is 12.4. The van der Waals surface area contributed by atoms with Crippen molar-refractivity contribution in [2.45, 2.75) is 52.4 Å². The number of ether oxygens (including phenoxy) is 2. The molecule has 34 heavy (non-hydrogen) atoms. The number of carbonyl (C=O) groups is 2. The number of ketones is 2. The molecule has 0 aliphatic heterocycles. The van der Waals surface area contributed by atoms with Gasteiger partial charge in [-0.3, -0.25) is 9.59 Å². The van der Waals surface area contributed by atoms with Crippen LogP contribution < -0.4 is 9.47 Å². The lowest BCUT2D eigenvalue weighted by molar-refractivity contribution is 0.102. The Morgan fingerprint density at radius 1 is 0.588 bits per heavy atom. The molecule has 0 atom stereocenters. The van der Waals surface area contributed by atoms with E-state index in [1.165, 1.54) is 0 Å². The Morgan fingerprint density at radius 2 is 1.00 bits per heavy atom. The van der Waals surface area contributed by atoms with Crippen LogP contribution in [0.1, 0.15) is 93.6 Å². The van der Waals surface area contributed by atoms with Gasteiger partial charge in [-0.2, -0.15) is 0 Å². The second-order valence-electron chi connectivity index (χ2n) is 9.22. The average molecular weight is 455 g/mol. The molecule has 0 radical (unpaired) electrons. The van der Waals surface area contributed by atoms with Crippen LogP contribution in [0.4, 0.5) is 0 Å². The highest BCUT2D eigenvalue weighted by Crippen LogP contribution is 2.36. The van der Waals surface area contributed by atoms with Crippen molar-refractivity contribution in [2.24, 2.45) is 0 Å². The largest absolute Gasteiger partial charge is 0.494 e. The van der Waals surface area contributed by atoms with E-state index in [-0.39, 0.29) is 11.6 Å². The third kappa shape index (κ3) is 4.13. The molecule has 174 valence electrons. The highest BCUT2D eigenvalue weighted by molar-refractivity contribution is 6.16. The predicted octanol–water partition coefficient (Wildman–Crippen LogP) is 6.31. The van der Waals surface area contributed by atoms with Gasteiger partial charge in [0.1, 0.15) is 11.5 Å². The maximum Gasteiger partial charge on any atom is 0.193 e. The lowest BCUT2D eigenvalue weighted by Crippen LogP contribution is -2.21. The van der Waals surface area contributed by atoms with E-state index in [1.807, 2.05) is 48.5 Å². The van der Waals surface area contributed by atoms with Crippen molar-refractivity contribution in [2.75, 3.05) is 13.2 Å². The topological polar surface area (TPSA) is 52.6 Å². The Hall–Kier alpha value is -3.40. The Balaban J connectivity index is 1.44. The zero-order valence-electron chi connectivity index (χ0n) is 19.9. The number of carbonyl (C=O) groups excluding carboxylic acids is 2. The summed E-state index contributed by atoms with van der Waals surface area (Å²) in [5.74, 6) is 1.50. The number of unbranched alkanes of at least 4 members (excludes halogenated alkanes) is 2. The van der Waals surface area contributed by atoms with Crippen molar-refractivity contribution < 1.29 is 19.1 Å². The van der Waals surface area contributed by atoms with Crippen molar-refractivity contribution in [3.63, 3.8) is 0 Å². The van der Waals surface area contributed by atoms with E-state index in [2.05, 4.69) is 13.8 Å². The maximum atomic E-state index is 13.4. The molecule has 0 amide bonds. The molecule has 0 fully saturated rings. The Kier molecular flexibility index (Phi) is 6.23. The van der Waals surface area contributed by atoms with E-state index < -0.39 is 0 Å². The molecule has 3 aromatic carbocycles. The molecule has 3 aromatic rings. The number of benzene rings is 3. The Morgan fingerprint density at radius 3 is 1.41 bits per heavy atom. The van der Waals surface area contributed by atoms with Gasteiger partial charge in [0, 0.05) is 22.3 Å². The Labute approximate surface area is 200 Å². The van der Waals surface area contributed by atoms with Crippen LogP contribution in [0.25, 0.3) is 0 Å². The van der Waals surface area contributed by atoms with E-state index >= 15 is 0 Å². The highest BCUT2D eigenvalue weighted by atomic mass is 16.5.